The van der Waals surface area contributed by atoms with Crippen molar-refractivity contribution in [3.8, 4) is 5.69 Å². The third kappa shape index (κ3) is 3.59. The van der Waals surface area contributed by atoms with Crippen LogP contribution in [0.3, 0.4) is 0 Å². The number of benzene rings is 1. The van der Waals surface area contributed by atoms with E-state index in [2.05, 4.69) is 54.2 Å². The molecule has 0 unspecified atom stereocenters. The molecule has 3 aromatic rings. The summed E-state index contributed by atoms with van der Waals surface area (Å²) >= 11 is 6.73. The number of hydrogen-bond donors (Lipinski definition) is 1. The molecule has 6 nitrogen and oxygen atoms in total. The summed E-state index contributed by atoms with van der Waals surface area (Å²) in [5.74, 6) is 1.08. The molecule has 1 atom stereocenters. The number of rotatable bonds is 5. The van der Waals surface area contributed by atoms with Crippen LogP contribution in [0, 0.1) is 0 Å². The Morgan fingerprint density at radius 1 is 1.16 bits per heavy atom. The highest BCUT2D eigenvalue weighted by Crippen LogP contribution is 2.43. The summed E-state index contributed by atoms with van der Waals surface area (Å²) in [5, 5.41) is 4.94. The predicted octanol–water partition coefficient (Wildman–Crippen LogP) is 4.23. The molecule has 0 radical (unpaired) electrons. The smallest absolute Gasteiger partial charge is 0.351 e. The Labute approximate surface area is 193 Å². The van der Waals surface area contributed by atoms with Crippen LogP contribution >= 0.6 is 11.6 Å². The van der Waals surface area contributed by atoms with Crippen LogP contribution in [0.15, 0.2) is 29.1 Å². The molecule has 3 heterocycles. The minimum Gasteiger partial charge on any atom is -0.351 e. The van der Waals surface area contributed by atoms with E-state index in [1.165, 1.54) is 0 Å². The Kier molecular flexibility index (Phi) is 5.68. The number of piperazine rings is 1. The Morgan fingerprint density at radius 3 is 2.50 bits per heavy atom. The van der Waals surface area contributed by atoms with Crippen molar-refractivity contribution >= 4 is 28.5 Å². The minimum atomic E-state index is -0.273. The van der Waals surface area contributed by atoms with E-state index < -0.39 is 0 Å². The van der Waals surface area contributed by atoms with E-state index >= 15 is 0 Å². The first-order chi connectivity index (χ1) is 15.5. The molecule has 2 aromatic heterocycles. The van der Waals surface area contributed by atoms with Gasteiger partial charge in [0.15, 0.2) is 5.65 Å². The standard InChI is InChI=1S/C25H30ClN5O/c1-4-16-7-6-8-17(5-2)22(16)31-24-19(13-20(26)21(28-24)18-9-10-18)23(29-25(31)32)30-12-11-27-14-15(30)3/h6-8,13,15,18,27H,4-5,9-12,14H2,1-3H3/t15-/m0/s1. The zero-order valence-corrected chi connectivity index (χ0v) is 19.7. The molecular weight excluding hydrogens is 422 g/mol. The maximum absolute atomic E-state index is 13.7. The fraction of sp³-hybridized carbons (Fsp3) is 0.480. The quantitative estimate of drug-likeness (QED) is 0.628. The van der Waals surface area contributed by atoms with Gasteiger partial charge in [-0.1, -0.05) is 43.6 Å². The molecule has 0 amide bonds. The molecule has 1 N–H and O–H groups in total. The van der Waals surface area contributed by atoms with Crippen LogP contribution in [0.4, 0.5) is 5.82 Å². The van der Waals surface area contributed by atoms with Crippen molar-refractivity contribution in [1.29, 1.82) is 0 Å². The highest BCUT2D eigenvalue weighted by molar-refractivity contribution is 6.32. The van der Waals surface area contributed by atoms with E-state index in [1.54, 1.807) is 4.57 Å². The van der Waals surface area contributed by atoms with Crippen LogP contribution in [0.5, 0.6) is 0 Å². The number of anilines is 1. The van der Waals surface area contributed by atoms with Crippen molar-refractivity contribution in [3.63, 3.8) is 0 Å². The van der Waals surface area contributed by atoms with E-state index in [0.717, 1.165) is 73.2 Å². The monoisotopic (exact) mass is 451 g/mol. The second-order valence-corrected chi connectivity index (χ2v) is 9.34. The molecule has 0 bridgehead atoms. The topological polar surface area (TPSA) is 63.1 Å². The van der Waals surface area contributed by atoms with Crippen molar-refractivity contribution in [3.05, 3.63) is 56.6 Å². The van der Waals surface area contributed by atoms with Gasteiger partial charge in [-0.3, -0.25) is 0 Å². The highest BCUT2D eigenvalue weighted by atomic mass is 35.5. The fourth-order valence-corrected chi connectivity index (χ4v) is 5.15. The summed E-state index contributed by atoms with van der Waals surface area (Å²) < 4.78 is 1.74. The second-order valence-electron chi connectivity index (χ2n) is 8.93. The molecule has 0 spiro atoms. The molecular formula is C25H30ClN5O. The number of pyridine rings is 1. The number of fused-ring (bicyclic) bond motifs is 1. The Bertz CT molecular complexity index is 1210. The third-order valence-electron chi connectivity index (χ3n) is 6.75. The number of nitrogens with one attached hydrogen (secondary N) is 1. The van der Waals surface area contributed by atoms with Crippen LogP contribution in [0.25, 0.3) is 16.7 Å². The first-order valence-corrected chi connectivity index (χ1v) is 12.1. The molecule has 1 aliphatic carbocycles. The lowest BCUT2D eigenvalue weighted by Gasteiger charge is -2.35. The zero-order chi connectivity index (χ0) is 22.4. The van der Waals surface area contributed by atoms with Gasteiger partial charge in [-0.05, 0) is 49.8 Å². The largest absolute Gasteiger partial charge is 0.355 e. The highest BCUT2D eigenvalue weighted by Gasteiger charge is 2.31. The van der Waals surface area contributed by atoms with Crippen molar-refractivity contribution < 1.29 is 0 Å². The summed E-state index contributed by atoms with van der Waals surface area (Å²) in [4.78, 5) is 25.6. The molecule has 5 rings (SSSR count). The molecule has 1 saturated carbocycles. The van der Waals surface area contributed by atoms with Crippen LogP contribution < -0.4 is 15.9 Å². The van der Waals surface area contributed by atoms with E-state index in [0.29, 0.717) is 22.4 Å². The fourth-order valence-electron chi connectivity index (χ4n) is 4.84. The second kappa shape index (κ2) is 8.49. The molecule has 1 aromatic carbocycles. The van der Waals surface area contributed by atoms with Crippen LogP contribution in [-0.4, -0.2) is 40.2 Å². The first kappa shape index (κ1) is 21.4. The molecule has 32 heavy (non-hydrogen) atoms. The average Bonchev–Trinajstić information content (AvgIpc) is 3.64. The van der Waals surface area contributed by atoms with Crippen molar-refractivity contribution in [1.82, 2.24) is 19.9 Å². The van der Waals surface area contributed by atoms with Gasteiger partial charge in [-0.2, -0.15) is 4.98 Å². The van der Waals surface area contributed by atoms with Gasteiger partial charge in [0.1, 0.15) is 5.82 Å². The van der Waals surface area contributed by atoms with E-state index in [4.69, 9.17) is 16.6 Å². The lowest BCUT2D eigenvalue weighted by atomic mass is 10.0. The summed E-state index contributed by atoms with van der Waals surface area (Å²) in [5.41, 5.74) is 4.49. The normalized spacial score (nSPS) is 19.0. The molecule has 7 heteroatoms. The number of hydrogen-bond acceptors (Lipinski definition) is 5. The Balaban J connectivity index is 1.86. The Morgan fingerprint density at radius 2 is 1.88 bits per heavy atom. The molecule has 2 aliphatic rings. The summed E-state index contributed by atoms with van der Waals surface area (Å²) in [6, 6.07) is 8.47. The number of nitrogens with zero attached hydrogens (tertiary/aromatic N) is 4. The van der Waals surface area contributed by atoms with E-state index in [9.17, 15) is 4.79 Å². The van der Waals surface area contributed by atoms with Gasteiger partial charge < -0.3 is 10.2 Å². The third-order valence-corrected chi connectivity index (χ3v) is 7.06. The summed E-state index contributed by atoms with van der Waals surface area (Å²) in [6.07, 6.45) is 3.86. The van der Waals surface area contributed by atoms with Crippen LogP contribution in [0.1, 0.15) is 56.4 Å². The maximum Gasteiger partial charge on any atom is 0.355 e. The summed E-state index contributed by atoms with van der Waals surface area (Å²) in [7, 11) is 0. The molecule has 168 valence electrons. The van der Waals surface area contributed by atoms with E-state index in [1.807, 2.05) is 6.07 Å². The van der Waals surface area contributed by atoms with Gasteiger partial charge in [-0.25, -0.2) is 14.3 Å². The Hall–Kier alpha value is -2.44. The van der Waals surface area contributed by atoms with Gasteiger partial charge in [0.2, 0.25) is 0 Å². The van der Waals surface area contributed by atoms with Crippen molar-refractivity contribution in [2.45, 2.75) is 58.4 Å². The first-order valence-electron chi connectivity index (χ1n) is 11.7. The SMILES string of the molecule is CCc1cccc(CC)c1-n1c(=O)nc(N2CCNC[C@@H]2C)c2cc(Cl)c(C3CC3)nc21. The van der Waals surface area contributed by atoms with Gasteiger partial charge in [0.05, 0.1) is 21.8 Å². The molecule has 1 aliphatic heterocycles. The predicted molar refractivity (Wildman–Crippen MR) is 131 cm³/mol. The van der Waals surface area contributed by atoms with Gasteiger partial charge in [0, 0.05) is 31.6 Å². The van der Waals surface area contributed by atoms with Crippen molar-refractivity contribution in [2.24, 2.45) is 0 Å². The maximum atomic E-state index is 13.7. The van der Waals surface area contributed by atoms with Gasteiger partial charge in [-0.15, -0.1) is 0 Å². The molecule has 1 saturated heterocycles. The number of aromatic nitrogens is 3. The van der Waals surface area contributed by atoms with Crippen molar-refractivity contribution in [2.75, 3.05) is 24.5 Å². The number of para-hydroxylation sites is 1. The van der Waals surface area contributed by atoms with E-state index in [-0.39, 0.29) is 11.7 Å². The molecule has 2 fully saturated rings. The van der Waals surface area contributed by atoms with Gasteiger partial charge >= 0.3 is 5.69 Å². The minimum absolute atomic E-state index is 0.228. The number of aryl methyl sites for hydroxylation is 2. The van der Waals surface area contributed by atoms with Crippen LogP contribution in [-0.2, 0) is 12.8 Å². The van der Waals surface area contributed by atoms with Crippen LogP contribution in [0.2, 0.25) is 5.02 Å². The zero-order valence-electron chi connectivity index (χ0n) is 19.0. The summed E-state index contributed by atoms with van der Waals surface area (Å²) in [6.45, 7) is 8.90. The lowest BCUT2D eigenvalue weighted by Crippen LogP contribution is -2.50. The lowest BCUT2D eigenvalue weighted by molar-refractivity contribution is 0.497. The average molecular weight is 452 g/mol. The number of halogens is 1. The van der Waals surface area contributed by atoms with Gasteiger partial charge in [0.25, 0.3) is 0 Å².